The van der Waals surface area contributed by atoms with Gasteiger partial charge >= 0.3 is 0 Å². The molecule has 24 heavy (non-hydrogen) atoms. The zero-order valence-corrected chi connectivity index (χ0v) is 15.0. The fourth-order valence-electron chi connectivity index (χ4n) is 1.99. The van der Waals surface area contributed by atoms with Crippen molar-refractivity contribution in [2.75, 3.05) is 6.61 Å². The number of rotatable bonds is 6. The lowest BCUT2D eigenvalue weighted by atomic mass is 10.1. The van der Waals surface area contributed by atoms with Crippen LogP contribution < -0.4 is 15.8 Å². The Hall–Kier alpha value is -2.41. The highest BCUT2D eigenvalue weighted by Crippen LogP contribution is 2.29. The monoisotopic (exact) mass is 347 g/mol. The van der Waals surface area contributed by atoms with Gasteiger partial charge in [0.2, 0.25) is 5.91 Å². The third kappa shape index (κ3) is 3.91. The van der Waals surface area contributed by atoms with Crippen molar-refractivity contribution >= 4 is 23.2 Å². The van der Waals surface area contributed by atoms with Gasteiger partial charge in [-0.1, -0.05) is 0 Å². The Balaban J connectivity index is 2.23. The van der Waals surface area contributed by atoms with Gasteiger partial charge in [0, 0.05) is 5.56 Å². The molecule has 128 valence electrons. The first-order valence-corrected chi connectivity index (χ1v) is 8.39. The Morgan fingerprint density at radius 3 is 2.46 bits per heavy atom. The average molecular weight is 347 g/mol. The van der Waals surface area contributed by atoms with Crippen molar-refractivity contribution < 1.29 is 14.3 Å². The molecule has 0 spiro atoms. The summed E-state index contributed by atoms with van der Waals surface area (Å²) in [6, 6.07) is 7.54. The fourth-order valence-corrected chi connectivity index (χ4v) is 2.96. The van der Waals surface area contributed by atoms with Crippen molar-refractivity contribution in [1.29, 1.82) is 0 Å². The number of primary amides is 1. The second-order valence-electron chi connectivity index (χ2n) is 5.83. The number of thiazole rings is 1. The summed E-state index contributed by atoms with van der Waals surface area (Å²) in [6.45, 7) is 7.43. The molecule has 0 aliphatic heterocycles. The van der Waals surface area contributed by atoms with Gasteiger partial charge in [0.05, 0.1) is 12.3 Å². The van der Waals surface area contributed by atoms with E-state index in [1.165, 1.54) is 11.3 Å². The Labute approximate surface area is 145 Å². The van der Waals surface area contributed by atoms with Gasteiger partial charge < -0.3 is 15.8 Å². The molecule has 1 aromatic carbocycles. The number of hydrogen-bond acceptors (Lipinski definition) is 5. The van der Waals surface area contributed by atoms with Crippen LogP contribution in [0.1, 0.15) is 36.1 Å². The minimum atomic E-state index is -1.12. The van der Waals surface area contributed by atoms with Crippen molar-refractivity contribution in [2.45, 2.75) is 33.2 Å². The summed E-state index contributed by atoms with van der Waals surface area (Å²) < 4.78 is 5.42. The smallest absolute Gasteiger partial charge is 0.264 e. The summed E-state index contributed by atoms with van der Waals surface area (Å²) in [5.74, 6) is -0.161. The van der Waals surface area contributed by atoms with Gasteiger partial charge in [-0.05, 0) is 52.0 Å². The molecule has 0 unspecified atom stereocenters. The zero-order chi connectivity index (χ0) is 17.9. The third-order valence-corrected chi connectivity index (χ3v) is 4.66. The summed E-state index contributed by atoms with van der Waals surface area (Å²) in [7, 11) is 0. The lowest BCUT2D eigenvalue weighted by molar-refractivity contribution is -0.122. The number of aromatic nitrogens is 1. The number of carbonyl (C=O) groups is 2. The van der Waals surface area contributed by atoms with Gasteiger partial charge in [-0.2, -0.15) is 0 Å². The lowest BCUT2D eigenvalue weighted by Crippen LogP contribution is -2.52. The summed E-state index contributed by atoms with van der Waals surface area (Å²) in [4.78, 5) is 28.7. The van der Waals surface area contributed by atoms with E-state index in [2.05, 4.69) is 10.3 Å². The van der Waals surface area contributed by atoms with E-state index in [0.29, 0.717) is 17.2 Å². The van der Waals surface area contributed by atoms with Crippen LogP contribution in [0.3, 0.4) is 0 Å². The minimum absolute atomic E-state index is 0.356. The second kappa shape index (κ2) is 7.00. The first-order valence-electron chi connectivity index (χ1n) is 7.57. The number of nitrogens with two attached hydrogens (primary N) is 1. The normalized spacial score (nSPS) is 11.2. The molecule has 0 fully saturated rings. The number of carbonyl (C=O) groups excluding carboxylic acids is 2. The van der Waals surface area contributed by atoms with Crippen LogP contribution in [-0.2, 0) is 4.79 Å². The highest BCUT2D eigenvalue weighted by Gasteiger charge is 2.29. The molecule has 0 atom stereocenters. The average Bonchev–Trinajstić information content (AvgIpc) is 2.90. The molecule has 1 heterocycles. The van der Waals surface area contributed by atoms with E-state index in [4.69, 9.17) is 10.5 Å². The first-order chi connectivity index (χ1) is 11.2. The quantitative estimate of drug-likeness (QED) is 0.839. The summed E-state index contributed by atoms with van der Waals surface area (Å²) in [5, 5.41) is 3.37. The van der Waals surface area contributed by atoms with E-state index in [1.54, 1.807) is 20.8 Å². The molecular weight excluding hydrogens is 326 g/mol. The van der Waals surface area contributed by atoms with Crippen LogP contribution in [-0.4, -0.2) is 28.9 Å². The maximum Gasteiger partial charge on any atom is 0.264 e. The number of amides is 2. The Morgan fingerprint density at radius 1 is 1.29 bits per heavy atom. The van der Waals surface area contributed by atoms with E-state index in [0.717, 1.165) is 16.3 Å². The van der Waals surface area contributed by atoms with Crippen LogP contribution in [0, 0.1) is 6.92 Å². The van der Waals surface area contributed by atoms with E-state index < -0.39 is 11.4 Å². The second-order valence-corrected chi connectivity index (χ2v) is 6.83. The predicted molar refractivity (Wildman–Crippen MR) is 94.2 cm³/mol. The van der Waals surface area contributed by atoms with Crippen LogP contribution in [0.25, 0.3) is 10.6 Å². The lowest BCUT2D eigenvalue weighted by Gasteiger charge is -2.21. The molecule has 3 N–H and O–H groups in total. The number of benzene rings is 1. The van der Waals surface area contributed by atoms with Crippen molar-refractivity contribution in [3.05, 3.63) is 34.8 Å². The Bertz CT molecular complexity index is 751. The fraction of sp³-hybridized carbons (Fsp3) is 0.353. The van der Waals surface area contributed by atoms with Gasteiger partial charge in [0.1, 0.15) is 21.2 Å². The Morgan fingerprint density at radius 2 is 1.92 bits per heavy atom. The molecule has 7 heteroatoms. The summed E-state index contributed by atoms with van der Waals surface area (Å²) >= 11 is 1.28. The zero-order valence-electron chi connectivity index (χ0n) is 14.2. The van der Waals surface area contributed by atoms with Crippen molar-refractivity contribution in [2.24, 2.45) is 5.73 Å². The van der Waals surface area contributed by atoms with Gasteiger partial charge in [0.15, 0.2) is 0 Å². The number of nitrogens with one attached hydrogen (secondary N) is 1. The molecule has 0 saturated carbocycles. The molecule has 2 rings (SSSR count). The van der Waals surface area contributed by atoms with Crippen LogP contribution >= 0.6 is 11.3 Å². The molecule has 2 amide bonds. The molecule has 0 saturated heterocycles. The predicted octanol–water partition coefficient (Wildman–Crippen LogP) is 2.51. The van der Waals surface area contributed by atoms with E-state index in [1.807, 2.05) is 31.2 Å². The van der Waals surface area contributed by atoms with Crippen LogP contribution in [0.5, 0.6) is 5.75 Å². The number of ether oxygens (including phenoxy) is 1. The molecule has 2 aromatic rings. The first kappa shape index (κ1) is 17.9. The molecular formula is C17H21N3O3S. The minimum Gasteiger partial charge on any atom is -0.494 e. The molecule has 0 aliphatic carbocycles. The molecule has 0 bridgehead atoms. The van der Waals surface area contributed by atoms with E-state index in [9.17, 15) is 9.59 Å². The number of nitrogens with zero attached hydrogens (tertiary/aromatic N) is 1. The topological polar surface area (TPSA) is 94.3 Å². The highest BCUT2D eigenvalue weighted by atomic mass is 32.1. The van der Waals surface area contributed by atoms with E-state index >= 15 is 0 Å². The van der Waals surface area contributed by atoms with Crippen molar-refractivity contribution in [3.63, 3.8) is 0 Å². The number of aryl methyl sites for hydroxylation is 1. The summed E-state index contributed by atoms with van der Waals surface area (Å²) in [6.07, 6.45) is 0. The van der Waals surface area contributed by atoms with Gasteiger partial charge in [0.25, 0.3) is 5.91 Å². The SMILES string of the molecule is CCOc1ccc(-c2nc(C)c(C(=O)NC(C)(C)C(N)=O)s2)cc1. The van der Waals surface area contributed by atoms with Gasteiger partial charge in [-0.3, -0.25) is 9.59 Å². The molecule has 6 nitrogen and oxygen atoms in total. The van der Waals surface area contributed by atoms with Crippen molar-refractivity contribution in [3.8, 4) is 16.3 Å². The molecule has 0 aliphatic rings. The number of hydrogen-bond donors (Lipinski definition) is 2. The largest absolute Gasteiger partial charge is 0.494 e. The van der Waals surface area contributed by atoms with Crippen molar-refractivity contribution in [1.82, 2.24) is 10.3 Å². The standard InChI is InChI=1S/C17H21N3O3S/c1-5-23-12-8-6-11(7-9-12)15-19-10(2)13(24-15)14(21)20-17(3,4)16(18)22/h6-9H,5H2,1-4H3,(H2,18,22)(H,20,21). The molecule has 1 aromatic heterocycles. The van der Waals surface area contributed by atoms with Gasteiger partial charge in [-0.15, -0.1) is 11.3 Å². The van der Waals surface area contributed by atoms with Crippen LogP contribution in [0.15, 0.2) is 24.3 Å². The van der Waals surface area contributed by atoms with E-state index in [-0.39, 0.29) is 5.91 Å². The third-order valence-electron chi connectivity index (χ3n) is 3.46. The Kier molecular flexibility index (Phi) is 5.23. The maximum atomic E-state index is 12.4. The van der Waals surface area contributed by atoms with Gasteiger partial charge in [-0.25, -0.2) is 4.98 Å². The highest BCUT2D eigenvalue weighted by molar-refractivity contribution is 7.17. The maximum absolute atomic E-state index is 12.4. The van der Waals surface area contributed by atoms with Crippen LogP contribution in [0.4, 0.5) is 0 Å². The molecule has 0 radical (unpaired) electrons. The van der Waals surface area contributed by atoms with Crippen LogP contribution in [0.2, 0.25) is 0 Å². The summed E-state index contributed by atoms with van der Waals surface area (Å²) in [5.41, 5.74) is 5.69.